The number of hydrogen-bond acceptors (Lipinski definition) is 4. The van der Waals surface area contributed by atoms with Gasteiger partial charge in [0.05, 0.1) is 18.0 Å². The molecule has 0 aliphatic rings. The zero-order valence-electron chi connectivity index (χ0n) is 11.7. The van der Waals surface area contributed by atoms with Crippen LogP contribution in [0.25, 0.3) is 4.96 Å². The molecule has 0 spiro atoms. The number of imidazole rings is 1. The third-order valence-corrected chi connectivity index (χ3v) is 5.01. The summed E-state index contributed by atoms with van der Waals surface area (Å²) >= 11 is 9.08. The highest BCUT2D eigenvalue weighted by Crippen LogP contribution is 2.16. The first-order valence-corrected chi connectivity index (χ1v) is 9.12. The fourth-order valence-electron chi connectivity index (χ4n) is 1.99. The molecule has 1 N–H and O–H groups in total. The molecule has 114 valence electrons. The summed E-state index contributed by atoms with van der Waals surface area (Å²) in [6, 6.07) is 7.69. The number of rotatable bonds is 6. The van der Waals surface area contributed by atoms with Crippen molar-refractivity contribution < 1.29 is 4.79 Å². The van der Waals surface area contributed by atoms with Crippen LogP contribution < -0.4 is 5.32 Å². The van der Waals surface area contributed by atoms with Crippen molar-refractivity contribution in [3.63, 3.8) is 0 Å². The molecule has 7 heteroatoms. The van der Waals surface area contributed by atoms with Crippen LogP contribution in [-0.2, 0) is 17.1 Å². The average molecular weight is 352 g/mol. The number of carbonyl (C=O) groups excluding carboxylic acids is 1. The number of thioether (sulfide) groups is 1. The van der Waals surface area contributed by atoms with Crippen LogP contribution in [0.15, 0.2) is 42.0 Å². The third-order valence-electron chi connectivity index (χ3n) is 3.00. The molecule has 0 atom stereocenters. The van der Waals surface area contributed by atoms with Crippen molar-refractivity contribution in [2.75, 3.05) is 5.75 Å². The lowest BCUT2D eigenvalue weighted by Gasteiger charge is -2.04. The topological polar surface area (TPSA) is 46.4 Å². The number of carbonyl (C=O) groups is 1. The van der Waals surface area contributed by atoms with Crippen LogP contribution in [0.4, 0.5) is 0 Å². The summed E-state index contributed by atoms with van der Waals surface area (Å²) in [7, 11) is 0. The van der Waals surface area contributed by atoms with Crippen LogP contribution in [0.3, 0.4) is 0 Å². The quantitative estimate of drug-likeness (QED) is 0.738. The van der Waals surface area contributed by atoms with Crippen LogP contribution in [0, 0.1) is 0 Å². The molecule has 0 unspecified atom stereocenters. The average Bonchev–Trinajstić information content (AvgIpc) is 3.06. The number of amides is 1. The van der Waals surface area contributed by atoms with E-state index in [1.807, 2.05) is 46.4 Å². The number of nitrogens with one attached hydrogen (secondary N) is 1. The molecule has 3 rings (SSSR count). The Morgan fingerprint density at radius 3 is 3.18 bits per heavy atom. The molecule has 1 aromatic carbocycles. The Balaban J connectivity index is 1.41. The highest BCUT2D eigenvalue weighted by molar-refractivity contribution is 7.99. The van der Waals surface area contributed by atoms with Gasteiger partial charge in [-0.3, -0.25) is 9.20 Å². The minimum atomic E-state index is 0.0170. The first-order valence-electron chi connectivity index (χ1n) is 6.71. The molecule has 3 aromatic rings. The van der Waals surface area contributed by atoms with E-state index in [0.29, 0.717) is 12.3 Å². The summed E-state index contributed by atoms with van der Waals surface area (Å²) in [5.74, 6) is 1.21. The van der Waals surface area contributed by atoms with Gasteiger partial charge in [-0.15, -0.1) is 23.1 Å². The molecular formula is C15H14ClN3OS2. The van der Waals surface area contributed by atoms with Crippen molar-refractivity contribution in [3.05, 3.63) is 58.3 Å². The van der Waals surface area contributed by atoms with Crippen LogP contribution in [0.1, 0.15) is 11.3 Å². The molecule has 0 aliphatic heterocycles. The van der Waals surface area contributed by atoms with Gasteiger partial charge in [0.15, 0.2) is 4.96 Å². The Bertz CT molecular complexity index is 755. The van der Waals surface area contributed by atoms with Gasteiger partial charge in [-0.1, -0.05) is 23.7 Å². The zero-order valence-corrected chi connectivity index (χ0v) is 14.0. The summed E-state index contributed by atoms with van der Waals surface area (Å²) in [5.41, 5.74) is 2.00. The highest BCUT2D eigenvalue weighted by Gasteiger charge is 2.06. The molecule has 2 heterocycles. The van der Waals surface area contributed by atoms with Gasteiger partial charge in [-0.2, -0.15) is 0 Å². The Labute approximate surface area is 141 Å². The molecule has 2 aromatic heterocycles. The molecule has 0 fully saturated rings. The third kappa shape index (κ3) is 4.03. The van der Waals surface area contributed by atoms with E-state index in [1.165, 1.54) is 0 Å². The Morgan fingerprint density at radius 2 is 2.36 bits per heavy atom. The van der Waals surface area contributed by atoms with Crippen LogP contribution >= 0.6 is 34.7 Å². The van der Waals surface area contributed by atoms with Gasteiger partial charge < -0.3 is 5.32 Å². The maximum atomic E-state index is 11.8. The summed E-state index contributed by atoms with van der Waals surface area (Å²) in [6.07, 6.45) is 3.89. The van der Waals surface area contributed by atoms with Crippen molar-refractivity contribution in [1.29, 1.82) is 0 Å². The predicted molar refractivity (Wildman–Crippen MR) is 92.5 cm³/mol. The standard InChI is InChI=1S/C15H14ClN3OS2/c16-12-3-1-2-11(6-12)9-21-10-14(20)17-7-13-8-19-4-5-22-15(19)18-13/h1-6,8H,7,9-10H2,(H,17,20). The number of fused-ring (bicyclic) bond motifs is 1. The molecule has 4 nitrogen and oxygen atoms in total. The SMILES string of the molecule is O=C(CSCc1cccc(Cl)c1)NCc1cn2ccsc2n1. The molecule has 0 radical (unpaired) electrons. The van der Waals surface area contributed by atoms with E-state index in [0.717, 1.165) is 27.0 Å². The monoisotopic (exact) mass is 351 g/mol. The van der Waals surface area contributed by atoms with E-state index in [2.05, 4.69) is 10.3 Å². The second-order valence-corrected chi connectivity index (χ2v) is 7.02. The summed E-state index contributed by atoms with van der Waals surface area (Å²) in [6.45, 7) is 0.463. The van der Waals surface area contributed by atoms with E-state index in [1.54, 1.807) is 23.1 Å². The van der Waals surface area contributed by atoms with Gasteiger partial charge in [-0.25, -0.2) is 4.98 Å². The van der Waals surface area contributed by atoms with E-state index in [4.69, 9.17) is 11.6 Å². The van der Waals surface area contributed by atoms with E-state index >= 15 is 0 Å². The van der Waals surface area contributed by atoms with Crippen molar-refractivity contribution in [1.82, 2.24) is 14.7 Å². The number of hydrogen-bond donors (Lipinski definition) is 1. The van der Waals surface area contributed by atoms with Crippen molar-refractivity contribution in [2.24, 2.45) is 0 Å². The number of halogens is 1. The molecule has 0 saturated carbocycles. The van der Waals surface area contributed by atoms with Gasteiger partial charge in [0.2, 0.25) is 5.91 Å². The lowest BCUT2D eigenvalue weighted by Crippen LogP contribution is -2.24. The fraction of sp³-hybridized carbons (Fsp3) is 0.200. The van der Waals surface area contributed by atoms with Crippen molar-refractivity contribution in [3.8, 4) is 0 Å². The molecule has 22 heavy (non-hydrogen) atoms. The number of nitrogens with zero attached hydrogens (tertiary/aromatic N) is 2. The van der Waals surface area contributed by atoms with Crippen molar-refractivity contribution in [2.45, 2.75) is 12.3 Å². The number of benzene rings is 1. The minimum Gasteiger partial charge on any atom is -0.350 e. The van der Waals surface area contributed by atoms with E-state index < -0.39 is 0 Å². The summed E-state index contributed by atoms with van der Waals surface area (Å²) < 4.78 is 1.96. The van der Waals surface area contributed by atoms with E-state index in [-0.39, 0.29) is 5.91 Å². The largest absolute Gasteiger partial charge is 0.350 e. The summed E-state index contributed by atoms with van der Waals surface area (Å²) in [5, 5.41) is 5.60. The van der Waals surface area contributed by atoms with Gasteiger partial charge >= 0.3 is 0 Å². The van der Waals surface area contributed by atoms with E-state index in [9.17, 15) is 4.79 Å². The van der Waals surface area contributed by atoms with Gasteiger partial charge in [-0.05, 0) is 17.7 Å². The van der Waals surface area contributed by atoms with Gasteiger partial charge in [0.25, 0.3) is 0 Å². The molecule has 0 bridgehead atoms. The maximum Gasteiger partial charge on any atom is 0.230 e. The smallest absolute Gasteiger partial charge is 0.230 e. The van der Waals surface area contributed by atoms with Gasteiger partial charge in [0, 0.05) is 28.5 Å². The fourth-order valence-corrected chi connectivity index (χ4v) is 3.73. The second kappa shape index (κ2) is 7.17. The summed E-state index contributed by atoms with van der Waals surface area (Å²) in [4.78, 5) is 17.2. The number of thiazole rings is 1. The Hall–Kier alpha value is -1.50. The molecule has 1 amide bonds. The van der Waals surface area contributed by atoms with Crippen molar-refractivity contribution >= 4 is 45.6 Å². The molecular weight excluding hydrogens is 338 g/mol. The molecule has 0 saturated heterocycles. The minimum absolute atomic E-state index is 0.0170. The lowest BCUT2D eigenvalue weighted by atomic mass is 10.2. The normalized spacial score (nSPS) is 11.0. The Morgan fingerprint density at radius 1 is 1.45 bits per heavy atom. The predicted octanol–water partition coefficient (Wildman–Crippen LogP) is 3.60. The van der Waals surface area contributed by atoms with Crippen LogP contribution in [-0.4, -0.2) is 21.0 Å². The lowest BCUT2D eigenvalue weighted by molar-refractivity contribution is -0.118. The maximum absolute atomic E-state index is 11.8. The Kier molecular flexibility index (Phi) is 5.02. The second-order valence-electron chi connectivity index (χ2n) is 4.72. The zero-order chi connectivity index (χ0) is 15.4. The first kappa shape index (κ1) is 15.4. The molecule has 0 aliphatic carbocycles. The number of aromatic nitrogens is 2. The van der Waals surface area contributed by atoms with Gasteiger partial charge in [0.1, 0.15) is 0 Å². The van der Waals surface area contributed by atoms with Crippen LogP contribution in [0.5, 0.6) is 0 Å². The highest BCUT2D eigenvalue weighted by atomic mass is 35.5. The first-order chi connectivity index (χ1) is 10.7. The van der Waals surface area contributed by atoms with Crippen LogP contribution in [0.2, 0.25) is 5.02 Å².